The van der Waals surface area contributed by atoms with Gasteiger partial charge < -0.3 is 0 Å². The minimum Gasteiger partial charge on any atom is -0.294 e. The molecule has 1 nitrogen and oxygen atoms in total. The van der Waals surface area contributed by atoms with Crippen molar-refractivity contribution in [3.63, 3.8) is 0 Å². The third-order valence-electron chi connectivity index (χ3n) is 2.04. The quantitative estimate of drug-likeness (QED) is 0.447. The summed E-state index contributed by atoms with van der Waals surface area (Å²) in [6.45, 7) is 0. The zero-order valence-corrected chi connectivity index (χ0v) is 12.4. The molecule has 0 aliphatic carbocycles. The Labute approximate surface area is 111 Å². The van der Waals surface area contributed by atoms with E-state index in [2.05, 4.69) is 37.9 Å². The van der Waals surface area contributed by atoms with Crippen LogP contribution in [-0.4, -0.2) is 17.4 Å². The van der Waals surface area contributed by atoms with Crippen molar-refractivity contribution in [2.75, 3.05) is 11.6 Å². The van der Waals surface area contributed by atoms with E-state index in [1.165, 1.54) is 5.56 Å². The molecule has 82 valence electrons. The van der Waals surface area contributed by atoms with Crippen LogP contribution in [-0.2, 0) is 5.33 Å². The number of hydrogen-bond acceptors (Lipinski definition) is 2. The zero-order chi connectivity index (χ0) is 11.3. The molecule has 0 N–H and O–H groups in total. The van der Waals surface area contributed by atoms with Gasteiger partial charge in [-0.2, -0.15) is 0 Å². The number of carbonyl (C=O) groups is 1. The van der Waals surface area contributed by atoms with Crippen LogP contribution < -0.4 is 0 Å². The highest BCUT2D eigenvalue weighted by Gasteiger charge is 2.10. The molecule has 1 rings (SSSR count). The molecule has 0 atom stereocenters. The molecule has 0 saturated carbocycles. The molecule has 15 heavy (non-hydrogen) atoms. The lowest BCUT2D eigenvalue weighted by Gasteiger charge is -2.07. The van der Waals surface area contributed by atoms with Crippen molar-refractivity contribution in [3.8, 4) is 0 Å². The number of rotatable bonds is 5. The van der Waals surface area contributed by atoms with Gasteiger partial charge in [0.2, 0.25) is 0 Å². The van der Waals surface area contributed by atoms with E-state index in [0.29, 0.717) is 6.42 Å². The van der Waals surface area contributed by atoms with Gasteiger partial charge in [0.1, 0.15) is 0 Å². The Morgan fingerprint density at radius 1 is 1.40 bits per heavy atom. The zero-order valence-electron chi connectivity index (χ0n) is 8.43. The summed E-state index contributed by atoms with van der Waals surface area (Å²) in [7, 11) is 0. The monoisotopic (exact) mass is 350 g/mol. The van der Waals surface area contributed by atoms with Crippen LogP contribution in [0.3, 0.4) is 0 Å². The standard InChI is InChI=1S/C11H12Br2OS/c1-15-11-6-8(7-13)2-3-9(11)10(14)4-5-12/h2-3,6H,4-5,7H2,1H3. The molecule has 4 heteroatoms. The van der Waals surface area contributed by atoms with Gasteiger partial charge in [0.15, 0.2) is 5.78 Å². The van der Waals surface area contributed by atoms with Crippen LogP contribution in [0.25, 0.3) is 0 Å². The van der Waals surface area contributed by atoms with E-state index in [-0.39, 0.29) is 5.78 Å². The minimum absolute atomic E-state index is 0.206. The van der Waals surface area contributed by atoms with Gasteiger partial charge >= 0.3 is 0 Å². The topological polar surface area (TPSA) is 17.1 Å². The number of Topliss-reactive ketones (excluding diaryl/α,β-unsaturated/α-hetero) is 1. The van der Waals surface area contributed by atoms with Crippen molar-refractivity contribution in [3.05, 3.63) is 29.3 Å². The fraction of sp³-hybridized carbons (Fsp3) is 0.364. The second kappa shape index (κ2) is 6.71. The lowest BCUT2D eigenvalue weighted by molar-refractivity contribution is 0.0987. The van der Waals surface area contributed by atoms with E-state index in [0.717, 1.165) is 21.1 Å². The summed E-state index contributed by atoms with van der Waals surface area (Å²) in [6.07, 6.45) is 2.56. The summed E-state index contributed by atoms with van der Waals surface area (Å²) in [5.41, 5.74) is 2.04. The fourth-order valence-electron chi connectivity index (χ4n) is 1.27. The average molecular weight is 352 g/mol. The summed E-state index contributed by atoms with van der Waals surface area (Å²) in [6, 6.07) is 5.99. The molecule has 0 fully saturated rings. The van der Waals surface area contributed by atoms with Crippen LogP contribution in [0, 0.1) is 0 Å². The normalized spacial score (nSPS) is 10.3. The maximum Gasteiger partial charge on any atom is 0.164 e. The first kappa shape index (κ1) is 13.3. The van der Waals surface area contributed by atoms with Crippen LogP contribution in [0.15, 0.2) is 23.1 Å². The van der Waals surface area contributed by atoms with Gasteiger partial charge in [-0.1, -0.05) is 37.9 Å². The number of thioether (sulfide) groups is 1. The minimum atomic E-state index is 0.206. The highest BCUT2D eigenvalue weighted by atomic mass is 79.9. The van der Waals surface area contributed by atoms with Crippen LogP contribution in [0.2, 0.25) is 0 Å². The highest BCUT2D eigenvalue weighted by Crippen LogP contribution is 2.24. The van der Waals surface area contributed by atoms with Gasteiger partial charge in [-0.15, -0.1) is 11.8 Å². The van der Waals surface area contributed by atoms with Crippen molar-refractivity contribution in [2.45, 2.75) is 16.6 Å². The Bertz CT molecular complexity index is 352. The first-order chi connectivity index (χ1) is 7.22. The van der Waals surface area contributed by atoms with Crippen molar-refractivity contribution < 1.29 is 4.79 Å². The van der Waals surface area contributed by atoms with E-state index in [1.54, 1.807) is 11.8 Å². The summed E-state index contributed by atoms with van der Waals surface area (Å²) in [5, 5.41) is 1.55. The van der Waals surface area contributed by atoms with Gasteiger partial charge in [-0.25, -0.2) is 0 Å². The van der Waals surface area contributed by atoms with Crippen LogP contribution in [0.5, 0.6) is 0 Å². The fourth-order valence-corrected chi connectivity index (χ4v) is 2.65. The maximum absolute atomic E-state index is 11.8. The smallest absolute Gasteiger partial charge is 0.164 e. The SMILES string of the molecule is CSc1cc(CBr)ccc1C(=O)CCBr. The Morgan fingerprint density at radius 2 is 2.13 bits per heavy atom. The van der Waals surface area contributed by atoms with Gasteiger partial charge in [-0.05, 0) is 24.0 Å². The summed E-state index contributed by atoms with van der Waals surface area (Å²) >= 11 is 8.32. The number of alkyl halides is 2. The molecular formula is C11H12Br2OS. The lowest BCUT2D eigenvalue weighted by atomic mass is 10.1. The van der Waals surface area contributed by atoms with Crippen LogP contribution >= 0.6 is 43.6 Å². The largest absolute Gasteiger partial charge is 0.294 e. The number of benzene rings is 1. The molecule has 0 unspecified atom stereocenters. The van der Waals surface area contributed by atoms with Crippen LogP contribution in [0.4, 0.5) is 0 Å². The Hall–Kier alpha value is 0.200. The van der Waals surface area contributed by atoms with E-state index in [9.17, 15) is 4.79 Å². The molecule has 0 heterocycles. The third-order valence-corrected chi connectivity index (χ3v) is 3.86. The third kappa shape index (κ3) is 3.61. The Balaban J connectivity index is 3.02. The van der Waals surface area contributed by atoms with Crippen molar-refractivity contribution in [2.24, 2.45) is 0 Å². The van der Waals surface area contributed by atoms with Crippen molar-refractivity contribution >= 4 is 49.4 Å². The Morgan fingerprint density at radius 3 is 2.67 bits per heavy atom. The highest BCUT2D eigenvalue weighted by molar-refractivity contribution is 9.09. The van der Waals surface area contributed by atoms with Gasteiger partial charge in [-0.3, -0.25) is 4.79 Å². The van der Waals surface area contributed by atoms with Gasteiger partial charge in [0.25, 0.3) is 0 Å². The molecule has 0 amide bonds. The predicted octanol–water partition coefficient (Wildman–Crippen LogP) is 4.27. The van der Waals surface area contributed by atoms with Crippen molar-refractivity contribution in [1.29, 1.82) is 0 Å². The van der Waals surface area contributed by atoms with E-state index in [4.69, 9.17) is 0 Å². The van der Waals surface area contributed by atoms with E-state index < -0.39 is 0 Å². The molecule has 0 spiro atoms. The summed E-state index contributed by atoms with van der Waals surface area (Å²) in [5.74, 6) is 0.206. The molecule has 0 aliphatic heterocycles. The number of halogens is 2. The second-order valence-corrected chi connectivity index (χ2v) is 5.23. The predicted molar refractivity (Wildman–Crippen MR) is 73.6 cm³/mol. The first-order valence-electron chi connectivity index (χ1n) is 4.55. The molecule has 1 aromatic carbocycles. The van der Waals surface area contributed by atoms with E-state index in [1.807, 2.05) is 18.4 Å². The van der Waals surface area contributed by atoms with Crippen LogP contribution in [0.1, 0.15) is 22.3 Å². The van der Waals surface area contributed by atoms with Crippen molar-refractivity contribution in [1.82, 2.24) is 0 Å². The van der Waals surface area contributed by atoms with Gasteiger partial charge in [0, 0.05) is 27.5 Å². The summed E-state index contributed by atoms with van der Waals surface area (Å²) in [4.78, 5) is 12.8. The van der Waals surface area contributed by atoms with E-state index >= 15 is 0 Å². The molecule has 1 aromatic rings. The molecule has 0 bridgehead atoms. The second-order valence-electron chi connectivity index (χ2n) is 3.03. The molecular weight excluding hydrogens is 340 g/mol. The molecule has 0 aliphatic rings. The summed E-state index contributed by atoms with van der Waals surface area (Å²) < 4.78 is 0. The number of hydrogen-bond donors (Lipinski definition) is 0. The first-order valence-corrected chi connectivity index (χ1v) is 8.01. The molecule has 0 radical (unpaired) electrons. The molecule has 0 saturated heterocycles. The maximum atomic E-state index is 11.8. The number of ketones is 1. The lowest BCUT2D eigenvalue weighted by Crippen LogP contribution is -2.02. The van der Waals surface area contributed by atoms with Gasteiger partial charge in [0.05, 0.1) is 0 Å². The average Bonchev–Trinajstić information content (AvgIpc) is 2.28. The Kier molecular flexibility index (Phi) is 5.94. The molecule has 0 aromatic heterocycles. The number of carbonyl (C=O) groups excluding carboxylic acids is 1.